The summed E-state index contributed by atoms with van der Waals surface area (Å²) in [5.74, 6) is 0. The maximum atomic E-state index is 3.44. The van der Waals surface area contributed by atoms with Gasteiger partial charge < -0.3 is 0 Å². The summed E-state index contributed by atoms with van der Waals surface area (Å²) >= 11 is 0. The average Bonchev–Trinajstić information content (AvgIpc) is 2.60. The van der Waals surface area contributed by atoms with Crippen molar-refractivity contribution in [2.24, 2.45) is 10.8 Å². The molecule has 0 atom stereocenters. The summed E-state index contributed by atoms with van der Waals surface area (Å²) in [5.41, 5.74) is 8.79. The summed E-state index contributed by atoms with van der Waals surface area (Å²) < 4.78 is 0. The molecule has 0 aromatic heterocycles. The number of hydrogen-bond donors (Lipinski definition) is 0. The van der Waals surface area contributed by atoms with Gasteiger partial charge in [-0.15, -0.1) is 13.8 Å². The molecule has 0 saturated heterocycles. The normalized spacial score (nSPS) is 22.4. The Balaban J connectivity index is 0.000000364. The van der Waals surface area contributed by atoms with E-state index in [1.165, 1.54) is 33.4 Å². The Morgan fingerprint density at radius 2 is 0.810 bits per heavy atom. The first-order valence-corrected chi connectivity index (χ1v) is 7.50. The third-order valence-electron chi connectivity index (χ3n) is 5.12. The topological polar surface area (TPSA) is 0 Å². The van der Waals surface area contributed by atoms with Crippen LogP contribution < -0.4 is 0 Å². The molecule has 0 fully saturated rings. The first-order chi connectivity index (χ1) is 8.90. The summed E-state index contributed by atoms with van der Waals surface area (Å²) in [4.78, 5) is 0. The van der Waals surface area contributed by atoms with Crippen LogP contribution >= 0.6 is 0 Å². The van der Waals surface area contributed by atoms with Crippen LogP contribution in [0.25, 0.3) is 0 Å². The van der Waals surface area contributed by atoms with Gasteiger partial charge in [-0.25, -0.2) is 11.1 Å². The van der Waals surface area contributed by atoms with Crippen LogP contribution in [0, 0.1) is 23.0 Å². The smallest absolute Gasteiger partial charge is 0.263 e. The second-order valence-corrected chi connectivity index (χ2v) is 7.25. The minimum atomic E-state index is 0. The van der Waals surface area contributed by atoms with Gasteiger partial charge in [0.2, 0.25) is 0 Å². The van der Waals surface area contributed by atoms with E-state index in [0.717, 1.165) is 0 Å². The predicted molar refractivity (Wildman–Crippen MR) is 89.2 cm³/mol. The van der Waals surface area contributed by atoms with Crippen LogP contribution in [0.5, 0.6) is 0 Å². The van der Waals surface area contributed by atoms with E-state index in [0.29, 0.717) is 0 Å². The molecule has 0 unspecified atom stereocenters. The zero-order valence-electron chi connectivity index (χ0n) is 15.4. The molecule has 2 aliphatic carbocycles. The van der Waals surface area contributed by atoms with Crippen molar-refractivity contribution in [3.05, 3.63) is 45.6 Å². The van der Waals surface area contributed by atoms with E-state index in [2.05, 4.69) is 81.4 Å². The van der Waals surface area contributed by atoms with Crippen LogP contribution in [0.15, 0.2) is 33.4 Å². The van der Waals surface area contributed by atoms with E-state index in [-0.39, 0.29) is 31.9 Å². The van der Waals surface area contributed by atoms with Gasteiger partial charge in [-0.3, -0.25) is 12.2 Å². The van der Waals surface area contributed by atoms with Gasteiger partial charge in [-0.2, -0.15) is 22.3 Å². The van der Waals surface area contributed by atoms with Crippen LogP contribution in [0.3, 0.4) is 0 Å². The zero-order valence-corrected chi connectivity index (χ0v) is 17.4. The third-order valence-corrected chi connectivity index (χ3v) is 5.12. The van der Waals surface area contributed by atoms with Crippen molar-refractivity contribution in [2.75, 3.05) is 0 Å². The standard InChI is InChI=1S/2C10H15.Mo/c2*1-7-6-10(4,5)9(3)8(7)2;/h2*1-5H3;/q2*-1;+2. The monoisotopic (exact) mass is 368 g/mol. The summed E-state index contributed by atoms with van der Waals surface area (Å²) in [6.45, 7) is 21.8. The second kappa shape index (κ2) is 6.82. The Bertz CT molecular complexity index is 484. The van der Waals surface area contributed by atoms with Gasteiger partial charge in [0.15, 0.2) is 0 Å². The van der Waals surface area contributed by atoms with Gasteiger partial charge in [0.1, 0.15) is 0 Å². The summed E-state index contributed by atoms with van der Waals surface area (Å²) in [6.07, 6.45) is 6.87. The fourth-order valence-electron chi connectivity index (χ4n) is 2.81. The molecule has 0 amide bonds. The minimum absolute atomic E-state index is 0. The maximum Gasteiger partial charge on any atom is 2.00 e. The molecule has 0 heterocycles. The number of hydrogen-bond acceptors (Lipinski definition) is 0. The van der Waals surface area contributed by atoms with Crippen LogP contribution in [0.2, 0.25) is 0 Å². The molecular formula is C20H30Mo. The van der Waals surface area contributed by atoms with Crippen LogP contribution in [0.4, 0.5) is 0 Å². The fraction of sp³-hybridized carbons (Fsp3) is 0.600. The summed E-state index contributed by atoms with van der Waals surface area (Å²) in [7, 11) is 0. The van der Waals surface area contributed by atoms with Crippen LogP contribution in [-0.2, 0) is 21.1 Å². The van der Waals surface area contributed by atoms with Gasteiger partial charge in [0.05, 0.1) is 0 Å². The SMILES string of the molecule is CC1=[C-]C(C)(C)C(C)=C1C.CC1=[C-]C(C)(C)C(C)=C1C.[Mo+2]. The maximum absolute atomic E-state index is 3.44. The molecule has 0 saturated carbocycles. The fourth-order valence-corrected chi connectivity index (χ4v) is 2.81. The second-order valence-electron chi connectivity index (χ2n) is 7.25. The quantitative estimate of drug-likeness (QED) is 0.353. The van der Waals surface area contributed by atoms with Crippen molar-refractivity contribution in [3.63, 3.8) is 0 Å². The van der Waals surface area contributed by atoms with Crippen LogP contribution in [0.1, 0.15) is 69.2 Å². The molecule has 0 aromatic rings. The molecule has 0 nitrogen and oxygen atoms in total. The molecule has 0 bridgehead atoms. The largest absolute Gasteiger partial charge is 2.00 e. The molecule has 1 heteroatoms. The number of rotatable bonds is 0. The number of allylic oxidation sites excluding steroid dienone is 8. The van der Waals surface area contributed by atoms with Gasteiger partial charge >= 0.3 is 21.1 Å². The van der Waals surface area contributed by atoms with Crippen molar-refractivity contribution in [1.29, 1.82) is 0 Å². The zero-order chi connectivity index (χ0) is 15.9. The van der Waals surface area contributed by atoms with Gasteiger partial charge in [-0.1, -0.05) is 66.2 Å². The van der Waals surface area contributed by atoms with Crippen molar-refractivity contribution < 1.29 is 21.1 Å². The molecule has 0 aromatic carbocycles. The molecule has 2 aliphatic rings. The van der Waals surface area contributed by atoms with Crippen molar-refractivity contribution >= 4 is 0 Å². The van der Waals surface area contributed by atoms with E-state index < -0.39 is 0 Å². The predicted octanol–water partition coefficient (Wildman–Crippen LogP) is 6.22. The van der Waals surface area contributed by atoms with E-state index in [9.17, 15) is 0 Å². The van der Waals surface area contributed by atoms with Crippen molar-refractivity contribution in [1.82, 2.24) is 0 Å². The van der Waals surface area contributed by atoms with Crippen LogP contribution in [-0.4, -0.2) is 0 Å². The first kappa shape index (κ1) is 20.6. The van der Waals surface area contributed by atoms with Crippen molar-refractivity contribution in [2.45, 2.75) is 69.2 Å². The molecule has 0 radical (unpaired) electrons. The molecule has 2 rings (SSSR count). The summed E-state index contributed by atoms with van der Waals surface area (Å²) in [5, 5.41) is 0. The Hall–Kier alpha value is -0.352. The molecule has 116 valence electrons. The molecule has 0 N–H and O–H groups in total. The molecular weight excluding hydrogens is 336 g/mol. The Labute approximate surface area is 146 Å². The third kappa shape index (κ3) is 4.32. The Morgan fingerprint density at radius 1 is 0.571 bits per heavy atom. The Kier molecular flexibility index (Phi) is 6.71. The van der Waals surface area contributed by atoms with Crippen molar-refractivity contribution in [3.8, 4) is 0 Å². The van der Waals surface area contributed by atoms with E-state index in [4.69, 9.17) is 0 Å². The Morgan fingerprint density at radius 3 is 0.857 bits per heavy atom. The minimum Gasteiger partial charge on any atom is -0.263 e. The molecule has 21 heavy (non-hydrogen) atoms. The van der Waals surface area contributed by atoms with Gasteiger partial charge in [0.25, 0.3) is 0 Å². The van der Waals surface area contributed by atoms with E-state index in [1.54, 1.807) is 0 Å². The van der Waals surface area contributed by atoms with E-state index in [1.807, 2.05) is 0 Å². The molecule has 0 aliphatic heterocycles. The average molecular weight is 366 g/mol. The summed E-state index contributed by atoms with van der Waals surface area (Å²) in [6, 6.07) is 0. The van der Waals surface area contributed by atoms with Gasteiger partial charge in [0, 0.05) is 0 Å². The molecule has 0 spiro atoms. The first-order valence-electron chi connectivity index (χ1n) is 7.50. The van der Waals surface area contributed by atoms with E-state index >= 15 is 0 Å². The van der Waals surface area contributed by atoms with Gasteiger partial charge in [-0.05, 0) is 0 Å².